The minimum absolute atomic E-state index is 0.00249. The van der Waals surface area contributed by atoms with E-state index in [0.717, 1.165) is 16.8 Å². The van der Waals surface area contributed by atoms with Gasteiger partial charge in [-0.3, -0.25) is 4.79 Å². The van der Waals surface area contributed by atoms with E-state index in [2.05, 4.69) is 25.7 Å². The fourth-order valence-electron chi connectivity index (χ4n) is 1.83. The number of anilines is 1. The Morgan fingerprint density at radius 1 is 1.27 bits per heavy atom. The predicted molar refractivity (Wildman–Crippen MR) is 83.5 cm³/mol. The Labute approximate surface area is 131 Å². The number of aromatic nitrogens is 5. The van der Waals surface area contributed by atoms with Crippen LogP contribution < -0.4 is 5.32 Å². The third-order valence-electron chi connectivity index (χ3n) is 2.91. The first-order valence-electron chi connectivity index (χ1n) is 6.67. The molecule has 1 amide bonds. The van der Waals surface area contributed by atoms with Crippen molar-refractivity contribution in [1.29, 1.82) is 0 Å². The van der Waals surface area contributed by atoms with E-state index in [4.69, 9.17) is 0 Å². The molecular weight excluding hydrogens is 300 g/mol. The van der Waals surface area contributed by atoms with Gasteiger partial charge in [-0.15, -0.1) is 21.5 Å². The molecule has 1 aromatic carbocycles. The second-order valence-electron chi connectivity index (χ2n) is 4.85. The molecule has 0 unspecified atom stereocenters. The summed E-state index contributed by atoms with van der Waals surface area (Å²) in [4.78, 5) is 17.4. The van der Waals surface area contributed by atoms with Gasteiger partial charge in [-0.05, 0) is 19.1 Å². The smallest absolute Gasteiger partial charge is 0.249 e. The fourth-order valence-corrected chi connectivity index (χ4v) is 2.53. The Kier molecular flexibility index (Phi) is 3.92. The SMILES string of the molecule is Cc1ccc(-c2nnn(CC(=O)Nc3nc(C)cs3)n2)cc1. The molecule has 0 bridgehead atoms. The quantitative estimate of drug-likeness (QED) is 0.796. The molecule has 0 atom stereocenters. The lowest BCUT2D eigenvalue weighted by Crippen LogP contribution is -2.20. The average Bonchev–Trinajstić information content (AvgIpc) is 3.09. The number of carbonyl (C=O) groups excluding carboxylic acids is 1. The van der Waals surface area contributed by atoms with Crippen molar-refractivity contribution in [3.05, 3.63) is 40.9 Å². The molecule has 22 heavy (non-hydrogen) atoms. The largest absolute Gasteiger partial charge is 0.300 e. The number of nitrogens with one attached hydrogen (secondary N) is 1. The lowest BCUT2D eigenvalue weighted by molar-refractivity contribution is -0.117. The van der Waals surface area contributed by atoms with E-state index < -0.39 is 0 Å². The minimum Gasteiger partial charge on any atom is -0.300 e. The highest BCUT2D eigenvalue weighted by molar-refractivity contribution is 7.13. The van der Waals surface area contributed by atoms with Gasteiger partial charge in [-0.2, -0.15) is 4.80 Å². The van der Waals surface area contributed by atoms with Crippen LogP contribution in [0.4, 0.5) is 5.13 Å². The van der Waals surface area contributed by atoms with Crippen molar-refractivity contribution in [2.75, 3.05) is 5.32 Å². The third-order valence-corrected chi connectivity index (χ3v) is 3.79. The summed E-state index contributed by atoms with van der Waals surface area (Å²) in [5.74, 6) is 0.264. The van der Waals surface area contributed by atoms with Gasteiger partial charge in [0.25, 0.3) is 0 Å². The maximum Gasteiger partial charge on any atom is 0.249 e. The van der Waals surface area contributed by atoms with Gasteiger partial charge in [0.15, 0.2) is 5.13 Å². The van der Waals surface area contributed by atoms with Crippen molar-refractivity contribution in [2.24, 2.45) is 0 Å². The van der Waals surface area contributed by atoms with Crippen molar-refractivity contribution in [2.45, 2.75) is 20.4 Å². The molecule has 112 valence electrons. The molecule has 0 aliphatic rings. The molecular formula is C14H14N6OS. The Balaban J connectivity index is 1.66. The monoisotopic (exact) mass is 314 g/mol. The molecule has 7 nitrogen and oxygen atoms in total. The van der Waals surface area contributed by atoms with Crippen LogP contribution in [0.1, 0.15) is 11.3 Å². The zero-order chi connectivity index (χ0) is 15.5. The van der Waals surface area contributed by atoms with Gasteiger partial charge in [-0.1, -0.05) is 29.8 Å². The zero-order valence-corrected chi connectivity index (χ0v) is 13.0. The molecule has 3 rings (SSSR count). The van der Waals surface area contributed by atoms with Gasteiger partial charge in [0, 0.05) is 10.9 Å². The average molecular weight is 314 g/mol. The van der Waals surface area contributed by atoms with Crippen LogP contribution >= 0.6 is 11.3 Å². The van der Waals surface area contributed by atoms with Crippen LogP contribution in [0.2, 0.25) is 0 Å². The van der Waals surface area contributed by atoms with E-state index in [9.17, 15) is 4.79 Å². The topological polar surface area (TPSA) is 85.6 Å². The number of carbonyl (C=O) groups is 1. The van der Waals surface area contributed by atoms with Gasteiger partial charge in [0.05, 0.1) is 5.69 Å². The number of hydrogen-bond donors (Lipinski definition) is 1. The normalized spacial score (nSPS) is 10.6. The summed E-state index contributed by atoms with van der Waals surface area (Å²) in [6, 6.07) is 7.81. The van der Waals surface area contributed by atoms with Gasteiger partial charge in [0.1, 0.15) is 6.54 Å². The van der Waals surface area contributed by atoms with Crippen LogP contribution in [-0.4, -0.2) is 31.1 Å². The molecule has 3 aromatic rings. The third kappa shape index (κ3) is 3.34. The van der Waals surface area contributed by atoms with Crippen LogP contribution in [0.15, 0.2) is 29.6 Å². The van der Waals surface area contributed by atoms with E-state index in [1.165, 1.54) is 16.1 Å². The van der Waals surface area contributed by atoms with Crippen molar-refractivity contribution < 1.29 is 4.79 Å². The summed E-state index contributed by atoms with van der Waals surface area (Å²) >= 11 is 1.38. The molecule has 2 heterocycles. The van der Waals surface area contributed by atoms with Crippen LogP contribution in [0.25, 0.3) is 11.4 Å². The number of aryl methyl sites for hydroxylation is 2. The Morgan fingerprint density at radius 2 is 2.05 bits per heavy atom. The number of tetrazole rings is 1. The summed E-state index contributed by atoms with van der Waals surface area (Å²) < 4.78 is 0. The van der Waals surface area contributed by atoms with Gasteiger partial charge < -0.3 is 5.32 Å². The first-order chi connectivity index (χ1) is 10.6. The number of thiazole rings is 1. The lowest BCUT2D eigenvalue weighted by atomic mass is 10.1. The summed E-state index contributed by atoms with van der Waals surface area (Å²) in [5.41, 5.74) is 2.91. The number of nitrogens with zero attached hydrogens (tertiary/aromatic N) is 5. The predicted octanol–water partition coefficient (Wildman–Crippen LogP) is 2.05. The zero-order valence-electron chi connectivity index (χ0n) is 12.1. The maximum absolute atomic E-state index is 11.9. The number of benzene rings is 1. The molecule has 2 aromatic heterocycles. The molecule has 1 N–H and O–H groups in total. The molecule has 0 aliphatic carbocycles. The minimum atomic E-state index is -0.234. The Morgan fingerprint density at radius 3 is 2.73 bits per heavy atom. The van der Waals surface area contributed by atoms with Crippen molar-refractivity contribution >= 4 is 22.4 Å². The van der Waals surface area contributed by atoms with E-state index in [0.29, 0.717) is 11.0 Å². The summed E-state index contributed by atoms with van der Waals surface area (Å²) in [7, 11) is 0. The van der Waals surface area contributed by atoms with Crippen LogP contribution in [-0.2, 0) is 11.3 Å². The highest BCUT2D eigenvalue weighted by atomic mass is 32.1. The first kappa shape index (κ1) is 14.3. The molecule has 0 saturated heterocycles. The highest BCUT2D eigenvalue weighted by Gasteiger charge is 2.10. The van der Waals surface area contributed by atoms with E-state index in [-0.39, 0.29) is 12.5 Å². The molecule has 0 radical (unpaired) electrons. The highest BCUT2D eigenvalue weighted by Crippen LogP contribution is 2.15. The summed E-state index contributed by atoms with van der Waals surface area (Å²) in [6.07, 6.45) is 0. The van der Waals surface area contributed by atoms with Crippen molar-refractivity contribution in [1.82, 2.24) is 25.2 Å². The van der Waals surface area contributed by atoms with E-state index in [1.54, 1.807) is 0 Å². The second-order valence-corrected chi connectivity index (χ2v) is 5.71. The van der Waals surface area contributed by atoms with Gasteiger partial charge in [-0.25, -0.2) is 4.98 Å². The standard InChI is InChI=1S/C14H14N6OS/c1-9-3-5-11(6-4-9)13-17-19-20(18-13)7-12(21)16-14-15-10(2)8-22-14/h3-6,8H,7H2,1-2H3,(H,15,16,21). The van der Waals surface area contributed by atoms with E-state index >= 15 is 0 Å². The van der Waals surface area contributed by atoms with E-state index in [1.807, 2.05) is 43.5 Å². The lowest BCUT2D eigenvalue weighted by Gasteiger charge is -1.99. The maximum atomic E-state index is 11.9. The van der Waals surface area contributed by atoms with Crippen LogP contribution in [0, 0.1) is 13.8 Å². The van der Waals surface area contributed by atoms with Crippen LogP contribution in [0.5, 0.6) is 0 Å². The molecule has 0 spiro atoms. The second kappa shape index (κ2) is 6.02. The molecule has 0 aliphatic heterocycles. The number of amides is 1. The Bertz CT molecular complexity index is 792. The van der Waals surface area contributed by atoms with Crippen LogP contribution in [0.3, 0.4) is 0 Å². The van der Waals surface area contributed by atoms with Crippen molar-refractivity contribution in [3.63, 3.8) is 0 Å². The molecule has 0 saturated carbocycles. The molecule has 8 heteroatoms. The van der Waals surface area contributed by atoms with Gasteiger partial charge >= 0.3 is 0 Å². The number of hydrogen-bond acceptors (Lipinski definition) is 6. The number of rotatable bonds is 4. The summed E-state index contributed by atoms with van der Waals surface area (Å²) in [5, 5.41) is 17.2. The summed E-state index contributed by atoms with van der Waals surface area (Å²) in [6.45, 7) is 3.88. The Hall–Kier alpha value is -2.61. The fraction of sp³-hybridized carbons (Fsp3) is 0.214. The van der Waals surface area contributed by atoms with Crippen molar-refractivity contribution in [3.8, 4) is 11.4 Å². The molecule has 0 fully saturated rings. The van der Waals surface area contributed by atoms with Gasteiger partial charge in [0.2, 0.25) is 11.7 Å². The first-order valence-corrected chi connectivity index (χ1v) is 7.55.